The molecule has 0 atom stereocenters. The molecule has 148 valence electrons. The Labute approximate surface area is 169 Å². The smallest absolute Gasteiger partial charge is 0.408 e. The summed E-state index contributed by atoms with van der Waals surface area (Å²) in [4.78, 5) is 30.6. The van der Waals surface area contributed by atoms with Crippen molar-refractivity contribution in [2.75, 3.05) is 6.54 Å². The van der Waals surface area contributed by atoms with E-state index < -0.39 is 11.7 Å². The number of hydrogen-bond acceptors (Lipinski definition) is 6. The fourth-order valence-corrected chi connectivity index (χ4v) is 4.21. The number of nitrogens with one attached hydrogen (secondary N) is 1. The summed E-state index contributed by atoms with van der Waals surface area (Å²) in [5.41, 5.74) is 0.609. The van der Waals surface area contributed by atoms with Crippen LogP contribution in [-0.2, 0) is 28.8 Å². The van der Waals surface area contributed by atoms with Crippen molar-refractivity contribution in [2.24, 2.45) is 0 Å². The molecule has 0 spiro atoms. The monoisotopic (exact) mass is 408 g/mol. The topological polar surface area (TPSA) is 68.3 Å². The number of carbonyl (C=O) groups is 2. The van der Waals surface area contributed by atoms with E-state index in [9.17, 15) is 9.59 Å². The maximum atomic E-state index is 11.9. The average Bonchev–Trinajstić information content (AvgIpc) is 3.18. The number of rotatable bonds is 9. The van der Waals surface area contributed by atoms with Crippen LogP contribution in [0.5, 0.6) is 0 Å². The Hall–Kier alpha value is -1.73. The van der Waals surface area contributed by atoms with Crippen molar-refractivity contribution >= 4 is 34.6 Å². The number of aromatic nitrogens is 1. The van der Waals surface area contributed by atoms with E-state index in [0.29, 0.717) is 6.42 Å². The van der Waals surface area contributed by atoms with Gasteiger partial charge in [-0.1, -0.05) is 0 Å². The maximum absolute atomic E-state index is 11.9. The summed E-state index contributed by atoms with van der Waals surface area (Å²) in [6.45, 7) is 7.43. The van der Waals surface area contributed by atoms with Crippen molar-refractivity contribution in [3.8, 4) is 0 Å². The molecule has 0 saturated carbocycles. The van der Waals surface area contributed by atoms with Gasteiger partial charge in [-0.15, -0.1) is 22.7 Å². The number of ether oxygens (including phenoxy) is 1. The highest BCUT2D eigenvalue weighted by Gasteiger charge is 2.16. The zero-order valence-corrected chi connectivity index (χ0v) is 18.1. The number of Topliss-reactive ketones (excluding diaryl/α,β-unsaturated/α-hetero) is 1. The molecule has 1 N–H and O–H groups in total. The molecule has 27 heavy (non-hydrogen) atoms. The Morgan fingerprint density at radius 3 is 2.48 bits per heavy atom. The van der Waals surface area contributed by atoms with Crippen molar-refractivity contribution in [1.29, 1.82) is 0 Å². The van der Waals surface area contributed by atoms with Crippen LogP contribution in [0.25, 0.3) is 0 Å². The molecule has 0 unspecified atom stereocenters. The molecule has 0 radical (unpaired) electrons. The lowest BCUT2D eigenvalue weighted by molar-refractivity contribution is -0.118. The fourth-order valence-electron chi connectivity index (χ4n) is 2.50. The molecular weight excluding hydrogens is 380 g/mol. The summed E-state index contributed by atoms with van der Waals surface area (Å²) < 4.78 is 5.12. The molecular formula is C20H28N2O3S2. The summed E-state index contributed by atoms with van der Waals surface area (Å²) in [6, 6.07) is 4.32. The zero-order chi connectivity index (χ0) is 19.9. The van der Waals surface area contributed by atoms with Gasteiger partial charge in [-0.25, -0.2) is 9.78 Å². The molecule has 1 amide bonds. The molecule has 0 aliphatic rings. The standard InChI is InChI=1S/C20H28N2O3S2/c1-14-22-15(13-26-14)8-9-18-11-10-17(27-18)7-5-6-16(23)12-21-19(24)25-20(2,3)4/h10-11,13H,5-9,12H2,1-4H3,(H,21,24). The molecule has 0 aliphatic carbocycles. The number of hydrogen-bond donors (Lipinski definition) is 1. The highest BCUT2D eigenvalue weighted by atomic mass is 32.1. The molecule has 5 nitrogen and oxygen atoms in total. The third-order valence-electron chi connectivity index (χ3n) is 3.72. The SMILES string of the molecule is Cc1nc(CCc2ccc(CCCC(=O)CNC(=O)OC(C)(C)C)s2)cs1. The third kappa shape index (κ3) is 8.67. The summed E-state index contributed by atoms with van der Waals surface area (Å²) in [7, 11) is 0. The highest BCUT2D eigenvalue weighted by Crippen LogP contribution is 2.21. The van der Waals surface area contributed by atoms with Gasteiger partial charge in [0.1, 0.15) is 5.60 Å². The van der Waals surface area contributed by atoms with Crippen molar-refractivity contribution < 1.29 is 14.3 Å². The third-order valence-corrected chi connectivity index (χ3v) is 5.75. The van der Waals surface area contributed by atoms with Crippen LogP contribution in [0.4, 0.5) is 4.79 Å². The molecule has 2 rings (SSSR count). The van der Waals surface area contributed by atoms with Gasteiger partial charge < -0.3 is 10.1 Å². The lowest BCUT2D eigenvalue weighted by Crippen LogP contribution is -2.35. The molecule has 0 aromatic carbocycles. The number of amides is 1. The quantitative estimate of drug-likeness (QED) is 0.652. The summed E-state index contributed by atoms with van der Waals surface area (Å²) >= 11 is 3.50. The molecule has 7 heteroatoms. The van der Waals surface area contributed by atoms with E-state index in [1.807, 2.05) is 18.3 Å². The Balaban J connectivity index is 1.63. The van der Waals surface area contributed by atoms with Crippen LogP contribution in [0.15, 0.2) is 17.5 Å². The zero-order valence-electron chi connectivity index (χ0n) is 16.5. The van der Waals surface area contributed by atoms with Gasteiger partial charge in [-0.05, 0) is 65.5 Å². The molecule has 0 bridgehead atoms. The number of thiazole rings is 1. The van der Waals surface area contributed by atoms with Gasteiger partial charge >= 0.3 is 6.09 Å². The second-order valence-electron chi connectivity index (χ2n) is 7.47. The van der Waals surface area contributed by atoms with E-state index >= 15 is 0 Å². The van der Waals surface area contributed by atoms with Crippen LogP contribution >= 0.6 is 22.7 Å². The predicted octanol–water partition coefficient (Wildman–Crippen LogP) is 4.71. The highest BCUT2D eigenvalue weighted by molar-refractivity contribution is 7.12. The van der Waals surface area contributed by atoms with Crippen molar-refractivity contribution in [3.63, 3.8) is 0 Å². The van der Waals surface area contributed by atoms with Gasteiger partial charge in [0.25, 0.3) is 0 Å². The predicted molar refractivity (Wildman–Crippen MR) is 111 cm³/mol. The maximum Gasteiger partial charge on any atom is 0.408 e. The number of thiophene rings is 1. The van der Waals surface area contributed by atoms with E-state index in [1.54, 1.807) is 32.1 Å². The first-order chi connectivity index (χ1) is 12.7. The van der Waals surface area contributed by atoms with Crippen LogP contribution in [0.1, 0.15) is 54.1 Å². The van der Waals surface area contributed by atoms with Crippen LogP contribution < -0.4 is 5.32 Å². The van der Waals surface area contributed by atoms with E-state index in [-0.39, 0.29) is 12.3 Å². The first-order valence-electron chi connectivity index (χ1n) is 9.18. The fraction of sp³-hybridized carbons (Fsp3) is 0.550. The van der Waals surface area contributed by atoms with Gasteiger partial charge in [0, 0.05) is 21.6 Å². The Bertz CT molecular complexity index is 759. The summed E-state index contributed by atoms with van der Waals surface area (Å²) in [5.74, 6) is 0.0246. The van der Waals surface area contributed by atoms with E-state index in [4.69, 9.17) is 4.74 Å². The van der Waals surface area contributed by atoms with Gasteiger partial charge in [-0.3, -0.25) is 4.79 Å². The van der Waals surface area contributed by atoms with E-state index in [0.717, 1.165) is 36.4 Å². The number of alkyl carbamates (subject to hydrolysis) is 1. The molecule has 2 aromatic rings. The largest absolute Gasteiger partial charge is 0.444 e. The Kier molecular flexibility index (Phi) is 7.98. The number of nitrogens with zero attached hydrogens (tertiary/aromatic N) is 1. The van der Waals surface area contributed by atoms with Crippen LogP contribution in [-0.4, -0.2) is 29.0 Å². The first kappa shape index (κ1) is 21.6. The molecule has 2 aromatic heterocycles. The van der Waals surface area contributed by atoms with Gasteiger partial charge in [-0.2, -0.15) is 0 Å². The summed E-state index contributed by atoms with van der Waals surface area (Å²) in [6.07, 6.45) is 3.57. The lowest BCUT2D eigenvalue weighted by atomic mass is 10.1. The Morgan fingerprint density at radius 2 is 1.85 bits per heavy atom. The van der Waals surface area contributed by atoms with Gasteiger partial charge in [0.15, 0.2) is 5.78 Å². The van der Waals surface area contributed by atoms with Crippen LogP contribution in [0.3, 0.4) is 0 Å². The number of aryl methyl sites for hydroxylation is 4. The second kappa shape index (κ2) is 9.99. The molecule has 2 heterocycles. The summed E-state index contributed by atoms with van der Waals surface area (Å²) in [5, 5.41) is 5.75. The minimum Gasteiger partial charge on any atom is -0.444 e. The number of carbonyl (C=O) groups excluding carboxylic acids is 2. The van der Waals surface area contributed by atoms with Crippen molar-refractivity contribution in [2.45, 2.75) is 65.4 Å². The van der Waals surface area contributed by atoms with Gasteiger partial charge in [0.2, 0.25) is 0 Å². The van der Waals surface area contributed by atoms with Crippen molar-refractivity contribution in [1.82, 2.24) is 10.3 Å². The average molecular weight is 409 g/mol. The first-order valence-corrected chi connectivity index (χ1v) is 10.9. The minimum absolute atomic E-state index is 0.0246. The molecule has 0 saturated heterocycles. The normalized spacial score (nSPS) is 11.4. The van der Waals surface area contributed by atoms with Crippen LogP contribution in [0, 0.1) is 6.92 Å². The second-order valence-corrected chi connectivity index (χ2v) is 9.79. The minimum atomic E-state index is -0.553. The number of ketones is 1. The molecule has 0 aliphatic heterocycles. The Morgan fingerprint density at radius 1 is 1.15 bits per heavy atom. The van der Waals surface area contributed by atoms with Gasteiger partial charge in [0.05, 0.1) is 17.2 Å². The van der Waals surface area contributed by atoms with Crippen molar-refractivity contribution in [3.05, 3.63) is 38.0 Å². The lowest BCUT2D eigenvalue weighted by Gasteiger charge is -2.19. The van der Waals surface area contributed by atoms with E-state index in [2.05, 4.69) is 27.8 Å². The van der Waals surface area contributed by atoms with E-state index in [1.165, 1.54) is 9.75 Å². The molecule has 0 fully saturated rings. The van der Waals surface area contributed by atoms with Crippen LogP contribution in [0.2, 0.25) is 0 Å².